The number of ether oxygens (including phenoxy) is 2. The summed E-state index contributed by atoms with van der Waals surface area (Å²) in [6.45, 7) is 16.3. The average Bonchev–Trinajstić information content (AvgIpc) is 2.99. The average molecular weight is 594 g/mol. The maximum atomic E-state index is 13.3. The number of rotatable bonds is 9. The van der Waals surface area contributed by atoms with Gasteiger partial charge in [-0.25, -0.2) is 0 Å². The molecule has 2 N–H and O–H groups in total. The van der Waals surface area contributed by atoms with Crippen LogP contribution in [0.25, 0.3) is 0 Å². The maximum absolute atomic E-state index is 13.3. The zero-order valence-corrected chi connectivity index (χ0v) is 26.0. The van der Waals surface area contributed by atoms with Gasteiger partial charge in [0.15, 0.2) is 0 Å². The van der Waals surface area contributed by atoms with Gasteiger partial charge in [-0.05, 0) is 62.3 Å². The van der Waals surface area contributed by atoms with E-state index in [1.165, 1.54) is 0 Å². The van der Waals surface area contributed by atoms with Gasteiger partial charge < -0.3 is 25.0 Å². The summed E-state index contributed by atoms with van der Waals surface area (Å²) in [5.41, 5.74) is 1.61. The molecule has 2 aliphatic heterocycles. The first-order valence-electron chi connectivity index (χ1n) is 15.2. The van der Waals surface area contributed by atoms with Gasteiger partial charge in [-0.2, -0.15) is 5.26 Å². The Morgan fingerprint density at radius 1 is 1.05 bits per heavy atom. The Labute approximate surface area is 255 Å². The molecule has 9 heteroatoms. The highest BCUT2D eigenvalue weighted by Crippen LogP contribution is 2.55. The van der Waals surface area contributed by atoms with Crippen LogP contribution in [0.2, 0.25) is 5.02 Å². The number of piperazine rings is 1. The zero-order chi connectivity index (χ0) is 29.9. The van der Waals surface area contributed by atoms with Crippen molar-refractivity contribution < 1.29 is 14.3 Å². The fraction of sp³-hybridized carbons (Fsp3) is 0.576. The van der Waals surface area contributed by atoms with E-state index in [-0.39, 0.29) is 28.9 Å². The van der Waals surface area contributed by atoms with Gasteiger partial charge in [0.2, 0.25) is 0 Å². The summed E-state index contributed by atoms with van der Waals surface area (Å²) in [6.07, 6.45) is 2.50. The smallest absolute Gasteiger partial charge is 0.251 e. The van der Waals surface area contributed by atoms with Crippen molar-refractivity contribution in [3.8, 4) is 11.8 Å². The fourth-order valence-corrected chi connectivity index (χ4v) is 7.39. The molecule has 3 fully saturated rings. The summed E-state index contributed by atoms with van der Waals surface area (Å²) in [4.78, 5) is 18.2. The highest BCUT2D eigenvalue weighted by Gasteiger charge is 2.64. The lowest BCUT2D eigenvalue weighted by Crippen LogP contribution is -2.74. The number of nitriles is 1. The molecule has 0 spiro atoms. The number of nitrogens with zero attached hydrogens (tertiary/aromatic N) is 3. The molecule has 2 saturated heterocycles. The topological polar surface area (TPSA) is 89.9 Å². The number of hydrogen-bond donors (Lipinski definition) is 2. The van der Waals surface area contributed by atoms with Crippen molar-refractivity contribution in [2.24, 2.45) is 10.8 Å². The van der Waals surface area contributed by atoms with Crippen LogP contribution in [0.5, 0.6) is 5.75 Å². The van der Waals surface area contributed by atoms with E-state index in [1.54, 1.807) is 18.2 Å². The summed E-state index contributed by atoms with van der Waals surface area (Å²) in [5, 5.41) is 16.2. The number of piperidine rings is 1. The second kappa shape index (κ2) is 12.8. The minimum absolute atomic E-state index is 0.0777. The Morgan fingerprint density at radius 2 is 1.71 bits per heavy atom. The largest absolute Gasteiger partial charge is 0.489 e. The van der Waals surface area contributed by atoms with Crippen molar-refractivity contribution in [2.75, 3.05) is 57.3 Å². The Morgan fingerprint density at radius 3 is 2.33 bits per heavy atom. The van der Waals surface area contributed by atoms with E-state index >= 15 is 0 Å². The molecular formula is C33H44ClN5O3. The summed E-state index contributed by atoms with van der Waals surface area (Å²) in [7, 11) is 0. The molecule has 0 aromatic heterocycles. The van der Waals surface area contributed by atoms with Crippen LogP contribution in [0, 0.1) is 22.2 Å². The molecule has 2 aromatic carbocycles. The van der Waals surface area contributed by atoms with E-state index in [2.05, 4.69) is 66.3 Å². The minimum atomic E-state index is -0.308. The standard InChI is InChI=1S/C33H44ClN5O3/c1-32(2)30(33(3,4)31(32)42-27-10-7-24(22-35)28(34)21-27)37-29(40)23-5-8-25(9-6-23)39-17-15-38(16-18-39)19-20-41-26-11-13-36-14-12-26/h5-10,21,26,30-31,36H,11-20H2,1-4H3,(H,37,40). The molecule has 0 unspecified atom stereocenters. The monoisotopic (exact) mass is 593 g/mol. The third-order valence-corrected chi connectivity index (χ3v) is 9.66. The molecule has 2 aromatic rings. The molecule has 1 amide bonds. The summed E-state index contributed by atoms with van der Waals surface area (Å²) in [6, 6.07) is 15.1. The number of carbonyl (C=O) groups is 1. The van der Waals surface area contributed by atoms with Gasteiger partial charge >= 0.3 is 0 Å². The van der Waals surface area contributed by atoms with Gasteiger partial charge in [-0.15, -0.1) is 0 Å². The third-order valence-electron chi connectivity index (χ3n) is 9.34. The van der Waals surface area contributed by atoms with Crippen molar-refractivity contribution >= 4 is 23.2 Å². The van der Waals surface area contributed by atoms with Gasteiger partial charge in [-0.1, -0.05) is 39.3 Å². The first kappa shape index (κ1) is 30.6. The first-order valence-corrected chi connectivity index (χ1v) is 15.5. The summed E-state index contributed by atoms with van der Waals surface area (Å²) < 4.78 is 12.4. The molecule has 0 bridgehead atoms. The van der Waals surface area contributed by atoms with Crippen LogP contribution in [-0.2, 0) is 4.74 Å². The normalized spacial score (nSPS) is 24.0. The predicted octanol–water partition coefficient (Wildman–Crippen LogP) is 4.71. The van der Waals surface area contributed by atoms with Gasteiger partial charge in [0.05, 0.1) is 23.3 Å². The van der Waals surface area contributed by atoms with Gasteiger partial charge in [0.25, 0.3) is 5.91 Å². The summed E-state index contributed by atoms with van der Waals surface area (Å²) >= 11 is 6.22. The van der Waals surface area contributed by atoms with Crippen molar-refractivity contribution in [3.63, 3.8) is 0 Å². The molecule has 2 heterocycles. The van der Waals surface area contributed by atoms with Crippen molar-refractivity contribution in [3.05, 3.63) is 58.6 Å². The molecule has 42 heavy (non-hydrogen) atoms. The molecule has 8 nitrogen and oxygen atoms in total. The van der Waals surface area contributed by atoms with Crippen LogP contribution in [0.15, 0.2) is 42.5 Å². The van der Waals surface area contributed by atoms with E-state index in [0.717, 1.165) is 70.9 Å². The highest BCUT2D eigenvalue weighted by molar-refractivity contribution is 6.31. The number of nitrogens with one attached hydrogen (secondary N) is 2. The lowest BCUT2D eigenvalue weighted by Gasteiger charge is -2.63. The second-order valence-corrected chi connectivity index (χ2v) is 13.4. The molecule has 0 atom stereocenters. The Balaban J connectivity index is 1.11. The molecule has 1 saturated carbocycles. The molecule has 1 aliphatic carbocycles. The van der Waals surface area contributed by atoms with E-state index in [1.807, 2.05) is 12.1 Å². The zero-order valence-electron chi connectivity index (χ0n) is 25.3. The van der Waals surface area contributed by atoms with Crippen LogP contribution in [0.1, 0.15) is 56.5 Å². The molecular weight excluding hydrogens is 550 g/mol. The lowest BCUT2D eigenvalue weighted by atomic mass is 9.49. The highest BCUT2D eigenvalue weighted by atomic mass is 35.5. The van der Waals surface area contributed by atoms with Crippen molar-refractivity contribution in [2.45, 2.75) is 58.8 Å². The summed E-state index contributed by atoms with van der Waals surface area (Å²) in [5.74, 6) is 0.544. The van der Waals surface area contributed by atoms with Gasteiger partial charge in [0.1, 0.15) is 17.9 Å². The van der Waals surface area contributed by atoms with E-state index in [9.17, 15) is 4.79 Å². The molecule has 0 radical (unpaired) electrons. The predicted molar refractivity (Wildman–Crippen MR) is 166 cm³/mol. The van der Waals surface area contributed by atoms with E-state index < -0.39 is 0 Å². The molecule has 3 aliphatic rings. The first-order chi connectivity index (χ1) is 20.1. The SMILES string of the molecule is CC1(C)C(NC(=O)c2ccc(N3CCN(CCOC4CCNCC4)CC3)cc2)C(C)(C)C1Oc1ccc(C#N)c(Cl)c1. The van der Waals surface area contributed by atoms with Crippen LogP contribution < -0.4 is 20.3 Å². The van der Waals surface area contributed by atoms with E-state index in [0.29, 0.717) is 28.0 Å². The minimum Gasteiger partial charge on any atom is -0.489 e. The number of benzene rings is 2. The third kappa shape index (κ3) is 6.55. The van der Waals surface area contributed by atoms with Crippen LogP contribution in [0.3, 0.4) is 0 Å². The van der Waals surface area contributed by atoms with Crippen molar-refractivity contribution in [1.82, 2.24) is 15.5 Å². The number of anilines is 1. The van der Waals surface area contributed by atoms with Crippen molar-refractivity contribution in [1.29, 1.82) is 5.26 Å². The van der Waals surface area contributed by atoms with Crippen LogP contribution in [0.4, 0.5) is 5.69 Å². The maximum Gasteiger partial charge on any atom is 0.251 e. The Kier molecular flexibility index (Phi) is 9.34. The molecule has 5 rings (SSSR count). The van der Waals surface area contributed by atoms with Crippen LogP contribution >= 0.6 is 11.6 Å². The number of carbonyl (C=O) groups excluding carboxylic acids is 1. The molecule has 226 valence electrons. The number of amides is 1. The Bertz CT molecular complexity index is 1260. The van der Waals surface area contributed by atoms with Gasteiger partial charge in [0, 0.05) is 66.9 Å². The second-order valence-electron chi connectivity index (χ2n) is 13.0. The number of halogens is 1. The van der Waals surface area contributed by atoms with E-state index in [4.69, 9.17) is 26.3 Å². The Hall–Kier alpha value is -2.83. The number of hydrogen-bond acceptors (Lipinski definition) is 7. The van der Waals surface area contributed by atoms with Crippen LogP contribution in [-0.4, -0.2) is 81.5 Å². The fourth-order valence-electron chi connectivity index (χ4n) is 7.17. The lowest BCUT2D eigenvalue weighted by molar-refractivity contribution is -0.164. The van der Waals surface area contributed by atoms with Gasteiger partial charge in [-0.3, -0.25) is 9.69 Å². The quantitative estimate of drug-likeness (QED) is 0.435.